The van der Waals surface area contributed by atoms with Gasteiger partial charge in [0.1, 0.15) is 11.4 Å². The fraction of sp³-hybridized carbons (Fsp3) is 0.421. The Balaban J connectivity index is 0.00000341. The van der Waals surface area contributed by atoms with E-state index in [4.69, 9.17) is 4.74 Å². The summed E-state index contributed by atoms with van der Waals surface area (Å²) in [5.74, 6) is -0.581. The number of carbonyl (C=O) groups excluding carboxylic acids is 2. The lowest BCUT2D eigenvalue weighted by molar-refractivity contribution is -0.385. The summed E-state index contributed by atoms with van der Waals surface area (Å²) in [6, 6.07) is 4.32. The number of hydrogen-bond donors (Lipinski definition) is 2. The van der Waals surface area contributed by atoms with Gasteiger partial charge in [-0.15, -0.1) is 17.1 Å². The summed E-state index contributed by atoms with van der Waals surface area (Å²) in [4.78, 5) is 38.0. The maximum absolute atomic E-state index is 13.0. The number of halogens is 1. The second kappa shape index (κ2) is 8.90. The van der Waals surface area contributed by atoms with Crippen LogP contribution in [0.3, 0.4) is 0 Å². The number of ether oxygens (including phenoxy) is 1. The first kappa shape index (κ1) is 24.1. The molecular weight excluding hydrogens is 428 g/mol. The third kappa shape index (κ3) is 4.47. The van der Waals surface area contributed by atoms with E-state index >= 15 is 0 Å². The SMILES string of the molecule is CCOC(=O)n1nc2c(c1NC(=O)c1ccc(N(C)C)cc1[N+](=O)[O-])CNC2(C)C.Cl. The first-order valence-electron chi connectivity index (χ1n) is 9.38. The molecule has 0 aliphatic carbocycles. The third-order valence-electron chi connectivity index (χ3n) is 4.89. The van der Waals surface area contributed by atoms with E-state index in [0.29, 0.717) is 23.5 Å². The molecule has 1 aliphatic heterocycles. The lowest BCUT2D eigenvalue weighted by Gasteiger charge is -2.17. The molecule has 168 valence electrons. The van der Waals surface area contributed by atoms with Crippen molar-refractivity contribution in [1.29, 1.82) is 0 Å². The predicted octanol–water partition coefficient (Wildman–Crippen LogP) is 2.87. The Hall–Kier alpha value is -3.18. The maximum atomic E-state index is 13.0. The molecule has 0 radical (unpaired) electrons. The summed E-state index contributed by atoms with van der Waals surface area (Å²) in [5, 5.41) is 21.7. The smallest absolute Gasteiger partial charge is 0.436 e. The highest BCUT2D eigenvalue weighted by Gasteiger charge is 2.38. The Morgan fingerprint density at radius 2 is 2.06 bits per heavy atom. The zero-order valence-electron chi connectivity index (χ0n) is 17.9. The van der Waals surface area contributed by atoms with Crippen LogP contribution in [-0.4, -0.2) is 47.4 Å². The van der Waals surface area contributed by atoms with E-state index in [1.54, 1.807) is 32.0 Å². The van der Waals surface area contributed by atoms with Crippen LogP contribution >= 0.6 is 12.4 Å². The van der Waals surface area contributed by atoms with Crippen molar-refractivity contribution in [2.45, 2.75) is 32.9 Å². The second-order valence-corrected chi connectivity index (χ2v) is 7.57. The number of rotatable bonds is 5. The maximum Gasteiger partial charge on any atom is 0.436 e. The Morgan fingerprint density at radius 1 is 1.39 bits per heavy atom. The minimum absolute atomic E-state index is 0. The van der Waals surface area contributed by atoms with Crippen LogP contribution in [0.1, 0.15) is 42.4 Å². The Kier molecular flexibility index (Phi) is 6.92. The summed E-state index contributed by atoms with van der Waals surface area (Å²) < 4.78 is 6.04. The number of nitro benzene ring substituents is 1. The molecule has 0 atom stereocenters. The quantitative estimate of drug-likeness (QED) is 0.522. The van der Waals surface area contributed by atoms with Crippen molar-refractivity contribution in [3.63, 3.8) is 0 Å². The molecule has 2 aromatic rings. The summed E-state index contributed by atoms with van der Waals surface area (Å²) in [6.07, 6.45) is -0.740. The summed E-state index contributed by atoms with van der Waals surface area (Å²) in [7, 11) is 3.49. The molecule has 0 saturated heterocycles. The van der Waals surface area contributed by atoms with E-state index < -0.39 is 22.5 Å². The number of carbonyl (C=O) groups is 2. The molecule has 1 aromatic heterocycles. The van der Waals surface area contributed by atoms with Crippen molar-refractivity contribution in [2.75, 3.05) is 30.9 Å². The van der Waals surface area contributed by atoms with E-state index in [2.05, 4.69) is 15.7 Å². The summed E-state index contributed by atoms with van der Waals surface area (Å²) in [5.41, 5.74) is 0.849. The van der Waals surface area contributed by atoms with Gasteiger partial charge >= 0.3 is 6.09 Å². The Morgan fingerprint density at radius 3 is 2.65 bits per heavy atom. The molecule has 0 spiro atoms. The molecule has 3 rings (SSSR count). The van der Waals surface area contributed by atoms with E-state index in [1.807, 2.05) is 13.8 Å². The number of nitro groups is 1. The first-order valence-corrected chi connectivity index (χ1v) is 9.38. The molecule has 2 heterocycles. The van der Waals surface area contributed by atoms with Crippen molar-refractivity contribution in [2.24, 2.45) is 0 Å². The van der Waals surface area contributed by atoms with Crippen LogP contribution in [0.5, 0.6) is 0 Å². The van der Waals surface area contributed by atoms with E-state index in [9.17, 15) is 19.7 Å². The Bertz CT molecular complexity index is 1030. The summed E-state index contributed by atoms with van der Waals surface area (Å²) in [6.45, 7) is 5.97. The van der Waals surface area contributed by atoms with E-state index in [-0.39, 0.29) is 36.1 Å². The number of nitrogens with one attached hydrogen (secondary N) is 2. The van der Waals surface area contributed by atoms with Crippen LogP contribution in [-0.2, 0) is 16.8 Å². The van der Waals surface area contributed by atoms with Crippen molar-refractivity contribution in [3.05, 3.63) is 45.1 Å². The van der Waals surface area contributed by atoms with Crippen LogP contribution in [0.15, 0.2) is 18.2 Å². The van der Waals surface area contributed by atoms with Gasteiger partial charge in [-0.1, -0.05) is 0 Å². The van der Waals surface area contributed by atoms with E-state index in [0.717, 1.165) is 4.68 Å². The minimum atomic E-state index is -0.740. The number of nitrogens with zero attached hydrogens (tertiary/aromatic N) is 4. The highest BCUT2D eigenvalue weighted by molar-refractivity contribution is 6.08. The highest BCUT2D eigenvalue weighted by atomic mass is 35.5. The van der Waals surface area contributed by atoms with Crippen molar-refractivity contribution >= 4 is 41.6 Å². The Labute approximate surface area is 185 Å². The molecular formula is C19H25ClN6O5. The molecule has 31 heavy (non-hydrogen) atoms. The summed E-state index contributed by atoms with van der Waals surface area (Å²) >= 11 is 0. The average Bonchev–Trinajstić information content (AvgIpc) is 3.19. The molecule has 0 saturated carbocycles. The number of hydrogen-bond acceptors (Lipinski definition) is 8. The van der Waals surface area contributed by atoms with Gasteiger partial charge in [0, 0.05) is 38.0 Å². The van der Waals surface area contributed by atoms with Crippen LogP contribution in [0.2, 0.25) is 0 Å². The second-order valence-electron chi connectivity index (χ2n) is 7.57. The molecule has 1 amide bonds. The third-order valence-corrected chi connectivity index (χ3v) is 4.89. The zero-order valence-corrected chi connectivity index (χ0v) is 18.7. The van der Waals surface area contributed by atoms with Crippen LogP contribution in [0.4, 0.5) is 22.0 Å². The number of amides is 1. The van der Waals surface area contributed by atoms with Gasteiger partial charge in [-0.25, -0.2) is 4.79 Å². The van der Waals surface area contributed by atoms with Crippen LogP contribution in [0.25, 0.3) is 0 Å². The number of aromatic nitrogens is 2. The van der Waals surface area contributed by atoms with Gasteiger partial charge in [0.05, 0.1) is 22.8 Å². The van der Waals surface area contributed by atoms with Gasteiger partial charge in [-0.3, -0.25) is 14.9 Å². The average molecular weight is 453 g/mol. The molecule has 0 unspecified atom stereocenters. The zero-order chi connectivity index (χ0) is 22.2. The number of anilines is 2. The van der Waals surface area contributed by atoms with Crippen molar-refractivity contribution in [3.8, 4) is 0 Å². The van der Waals surface area contributed by atoms with E-state index in [1.165, 1.54) is 12.1 Å². The molecule has 12 heteroatoms. The topological polar surface area (TPSA) is 132 Å². The van der Waals surface area contributed by atoms with Gasteiger partial charge in [-0.2, -0.15) is 5.10 Å². The fourth-order valence-corrected chi connectivity index (χ4v) is 3.27. The fourth-order valence-electron chi connectivity index (χ4n) is 3.27. The normalized spacial score (nSPS) is 13.7. The van der Waals surface area contributed by atoms with Crippen molar-refractivity contribution < 1.29 is 19.2 Å². The van der Waals surface area contributed by atoms with Gasteiger partial charge in [0.15, 0.2) is 0 Å². The standard InChI is InChI=1S/C19H24N6O5.ClH/c1-6-30-18(27)24-16(13-10-20-19(2,3)15(13)22-24)21-17(26)12-8-7-11(23(4)5)9-14(12)25(28)29;/h7-9,20H,6,10H2,1-5H3,(H,21,26);1H. The lowest BCUT2D eigenvalue weighted by Crippen LogP contribution is -2.31. The molecule has 0 fully saturated rings. The predicted molar refractivity (Wildman–Crippen MR) is 117 cm³/mol. The molecule has 1 aliphatic rings. The minimum Gasteiger partial charge on any atom is -0.448 e. The lowest BCUT2D eigenvalue weighted by atomic mass is 10.0. The van der Waals surface area contributed by atoms with Gasteiger partial charge in [0.25, 0.3) is 11.6 Å². The molecule has 0 bridgehead atoms. The molecule has 2 N–H and O–H groups in total. The van der Waals surface area contributed by atoms with Gasteiger partial charge < -0.3 is 20.3 Å². The molecule has 11 nitrogen and oxygen atoms in total. The largest absolute Gasteiger partial charge is 0.448 e. The van der Waals surface area contributed by atoms with Crippen molar-refractivity contribution in [1.82, 2.24) is 15.1 Å². The first-order chi connectivity index (χ1) is 14.1. The van der Waals surface area contributed by atoms with Crippen LogP contribution in [0, 0.1) is 10.1 Å². The number of fused-ring (bicyclic) bond motifs is 1. The van der Waals surface area contributed by atoms with Crippen LogP contribution < -0.4 is 15.5 Å². The van der Waals surface area contributed by atoms with Gasteiger partial charge in [-0.05, 0) is 32.9 Å². The number of benzene rings is 1. The highest BCUT2D eigenvalue weighted by Crippen LogP contribution is 2.35. The monoisotopic (exact) mass is 452 g/mol. The van der Waals surface area contributed by atoms with Gasteiger partial charge in [0.2, 0.25) is 0 Å². The molecule has 1 aromatic carbocycles.